The van der Waals surface area contributed by atoms with Crippen molar-refractivity contribution in [2.24, 2.45) is 0 Å². The van der Waals surface area contributed by atoms with Crippen molar-refractivity contribution < 1.29 is 4.79 Å². The molecule has 2 aromatic rings. The van der Waals surface area contributed by atoms with Gasteiger partial charge in [-0.15, -0.1) is 21.5 Å². The number of carbonyl (C=O) groups is 1. The summed E-state index contributed by atoms with van der Waals surface area (Å²) < 4.78 is 2.07. The lowest BCUT2D eigenvalue weighted by atomic mass is 9.98. The van der Waals surface area contributed by atoms with E-state index in [2.05, 4.69) is 40.5 Å². The number of rotatable bonds is 2. The summed E-state index contributed by atoms with van der Waals surface area (Å²) >= 11 is 1.63. The van der Waals surface area contributed by atoms with Crippen LogP contribution in [0.2, 0.25) is 0 Å². The average molecular weight is 319 g/mol. The second-order valence-electron chi connectivity index (χ2n) is 6.70. The highest BCUT2D eigenvalue weighted by molar-refractivity contribution is 7.09. The number of nitrogens with zero attached hydrogens (tertiary/aromatic N) is 5. The number of aryl methyl sites for hydroxylation is 1. The van der Waals surface area contributed by atoms with Crippen molar-refractivity contribution in [3.8, 4) is 0 Å². The van der Waals surface area contributed by atoms with E-state index in [4.69, 9.17) is 0 Å². The van der Waals surface area contributed by atoms with Gasteiger partial charge >= 0.3 is 0 Å². The van der Waals surface area contributed by atoms with E-state index in [0.717, 1.165) is 28.9 Å². The van der Waals surface area contributed by atoms with Gasteiger partial charge in [0.2, 0.25) is 5.91 Å². The lowest BCUT2D eigenvalue weighted by Crippen LogP contribution is -2.39. The van der Waals surface area contributed by atoms with Gasteiger partial charge in [0, 0.05) is 23.9 Å². The number of amides is 1. The summed E-state index contributed by atoms with van der Waals surface area (Å²) in [6.07, 6.45) is 0.361. The van der Waals surface area contributed by atoms with Crippen LogP contribution in [0.15, 0.2) is 5.38 Å². The molecule has 0 radical (unpaired) electrons. The predicted octanol–water partition coefficient (Wildman–Crippen LogP) is 1.93. The number of fused-ring (bicyclic) bond motifs is 1. The van der Waals surface area contributed by atoms with Crippen molar-refractivity contribution in [3.63, 3.8) is 0 Å². The normalized spacial score (nSPS) is 15.0. The van der Waals surface area contributed by atoms with Gasteiger partial charge in [0.25, 0.3) is 0 Å². The first kappa shape index (κ1) is 15.1. The van der Waals surface area contributed by atoms with Crippen LogP contribution in [0.1, 0.15) is 43.1 Å². The third kappa shape index (κ3) is 2.90. The molecule has 1 aliphatic rings. The van der Waals surface area contributed by atoms with Gasteiger partial charge in [-0.25, -0.2) is 4.98 Å². The quantitative estimate of drug-likeness (QED) is 0.848. The lowest BCUT2D eigenvalue weighted by molar-refractivity contribution is -0.132. The topological polar surface area (TPSA) is 63.9 Å². The average Bonchev–Trinajstić information content (AvgIpc) is 3.05. The monoisotopic (exact) mass is 319 g/mol. The Morgan fingerprint density at radius 2 is 2.09 bits per heavy atom. The van der Waals surface area contributed by atoms with Gasteiger partial charge in [-0.3, -0.25) is 4.79 Å². The van der Waals surface area contributed by atoms with Crippen LogP contribution in [0.25, 0.3) is 0 Å². The molecule has 0 saturated carbocycles. The standard InChI is InChI=1S/C15H21N5OS/c1-10-17-18-12-8-19(5-6-20(10)12)13(21)7-11-9-22-14(16-11)15(2,3)4/h9H,5-8H2,1-4H3. The number of aromatic nitrogens is 4. The Morgan fingerprint density at radius 1 is 1.32 bits per heavy atom. The molecule has 2 aromatic heterocycles. The first-order chi connectivity index (χ1) is 10.3. The Morgan fingerprint density at radius 3 is 2.77 bits per heavy atom. The zero-order valence-electron chi connectivity index (χ0n) is 13.5. The molecule has 3 rings (SSSR count). The molecule has 22 heavy (non-hydrogen) atoms. The van der Waals surface area contributed by atoms with Crippen molar-refractivity contribution in [2.75, 3.05) is 6.54 Å². The number of hydrogen-bond donors (Lipinski definition) is 0. The van der Waals surface area contributed by atoms with Gasteiger partial charge in [-0.05, 0) is 6.92 Å². The molecule has 0 unspecified atom stereocenters. The van der Waals surface area contributed by atoms with Gasteiger partial charge in [0.05, 0.1) is 23.7 Å². The largest absolute Gasteiger partial charge is 0.333 e. The molecule has 0 aromatic carbocycles. The SMILES string of the molecule is Cc1nnc2n1CCN(C(=O)Cc1csc(C(C)(C)C)n1)C2. The molecule has 0 atom stereocenters. The van der Waals surface area contributed by atoms with Crippen LogP contribution >= 0.6 is 11.3 Å². The minimum atomic E-state index is 0.0328. The molecule has 0 spiro atoms. The molecule has 0 saturated heterocycles. The van der Waals surface area contributed by atoms with Crippen molar-refractivity contribution in [1.82, 2.24) is 24.6 Å². The van der Waals surface area contributed by atoms with Gasteiger partial charge in [0.1, 0.15) is 5.82 Å². The highest BCUT2D eigenvalue weighted by Crippen LogP contribution is 2.26. The third-order valence-corrected chi connectivity index (χ3v) is 5.13. The van der Waals surface area contributed by atoms with Gasteiger partial charge in [-0.1, -0.05) is 20.8 Å². The van der Waals surface area contributed by atoms with Crippen LogP contribution in [0.5, 0.6) is 0 Å². The molecule has 7 heteroatoms. The summed E-state index contributed by atoms with van der Waals surface area (Å²) in [6.45, 7) is 10.4. The summed E-state index contributed by atoms with van der Waals surface area (Å²) in [5.41, 5.74) is 0.897. The van der Waals surface area contributed by atoms with Crippen molar-refractivity contribution in [1.29, 1.82) is 0 Å². The lowest BCUT2D eigenvalue weighted by Gasteiger charge is -2.27. The van der Waals surface area contributed by atoms with Gasteiger partial charge in [0.15, 0.2) is 5.82 Å². The van der Waals surface area contributed by atoms with Crippen LogP contribution in [0, 0.1) is 6.92 Å². The molecule has 6 nitrogen and oxygen atoms in total. The highest BCUT2D eigenvalue weighted by atomic mass is 32.1. The van der Waals surface area contributed by atoms with E-state index < -0.39 is 0 Å². The number of thiazole rings is 1. The highest BCUT2D eigenvalue weighted by Gasteiger charge is 2.25. The summed E-state index contributed by atoms with van der Waals surface area (Å²) in [5, 5.41) is 11.3. The summed E-state index contributed by atoms with van der Waals surface area (Å²) in [7, 11) is 0. The van der Waals surface area contributed by atoms with E-state index in [1.807, 2.05) is 17.2 Å². The van der Waals surface area contributed by atoms with E-state index in [1.54, 1.807) is 11.3 Å². The molecule has 0 N–H and O–H groups in total. The maximum Gasteiger partial charge on any atom is 0.229 e. The zero-order chi connectivity index (χ0) is 15.9. The molecule has 0 bridgehead atoms. The number of carbonyl (C=O) groups excluding carboxylic acids is 1. The van der Waals surface area contributed by atoms with E-state index in [-0.39, 0.29) is 11.3 Å². The maximum absolute atomic E-state index is 12.5. The Labute approximate surface area is 134 Å². The molecule has 1 aliphatic heterocycles. The molecule has 118 valence electrons. The fourth-order valence-electron chi connectivity index (χ4n) is 2.52. The molecule has 1 amide bonds. The second-order valence-corrected chi connectivity index (χ2v) is 7.56. The minimum Gasteiger partial charge on any atom is -0.333 e. The Kier molecular flexibility index (Phi) is 3.76. The Balaban J connectivity index is 1.67. The molecular formula is C15H21N5OS. The molecule has 3 heterocycles. The Bertz CT molecular complexity index is 697. The predicted molar refractivity (Wildman–Crippen MR) is 84.7 cm³/mol. The van der Waals surface area contributed by atoms with Crippen molar-refractivity contribution >= 4 is 17.2 Å². The maximum atomic E-state index is 12.5. The first-order valence-corrected chi connectivity index (χ1v) is 8.34. The van der Waals surface area contributed by atoms with Crippen LogP contribution in [-0.2, 0) is 29.7 Å². The van der Waals surface area contributed by atoms with E-state index >= 15 is 0 Å². The Hall–Kier alpha value is -1.76. The number of hydrogen-bond acceptors (Lipinski definition) is 5. The van der Waals surface area contributed by atoms with Crippen LogP contribution in [0.3, 0.4) is 0 Å². The first-order valence-electron chi connectivity index (χ1n) is 7.46. The zero-order valence-corrected chi connectivity index (χ0v) is 14.3. The van der Waals surface area contributed by atoms with E-state index in [1.165, 1.54) is 0 Å². The van der Waals surface area contributed by atoms with Gasteiger partial charge in [-0.2, -0.15) is 0 Å². The summed E-state index contributed by atoms with van der Waals surface area (Å²) in [6, 6.07) is 0. The van der Waals surface area contributed by atoms with Gasteiger partial charge < -0.3 is 9.47 Å². The fraction of sp³-hybridized carbons (Fsp3) is 0.600. The van der Waals surface area contributed by atoms with Crippen LogP contribution in [0.4, 0.5) is 0 Å². The van der Waals surface area contributed by atoms with Crippen molar-refractivity contribution in [2.45, 2.75) is 52.6 Å². The molecule has 0 aliphatic carbocycles. The van der Waals surface area contributed by atoms with E-state index in [0.29, 0.717) is 19.5 Å². The summed E-state index contributed by atoms with van der Waals surface area (Å²) in [5.74, 6) is 1.89. The second kappa shape index (κ2) is 5.46. The van der Waals surface area contributed by atoms with Crippen LogP contribution in [-0.4, -0.2) is 37.1 Å². The minimum absolute atomic E-state index is 0.0328. The fourth-order valence-corrected chi connectivity index (χ4v) is 3.42. The molecular weight excluding hydrogens is 298 g/mol. The van der Waals surface area contributed by atoms with Crippen LogP contribution < -0.4 is 0 Å². The van der Waals surface area contributed by atoms with Crippen molar-refractivity contribution in [3.05, 3.63) is 27.7 Å². The summed E-state index contributed by atoms with van der Waals surface area (Å²) in [4.78, 5) is 18.9. The third-order valence-electron chi connectivity index (χ3n) is 3.82. The van der Waals surface area contributed by atoms with E-state index in [9.17, 15) is 4.79 Å². The molecule has 0 fully saturated rings. The smallest absolute Gasteiger partial charge is 0.229 e.